The van der Waals surface area contributed by atoms with Gasteiger partial charge in [0.1, 0.15) is 25.1 Å². The molecule has 6 heteroatoms. The number of ether oxygens (including phenoxy) is 2. The van der Waals surface area contributed by atoms with Crippen molar-refractivity contribution in [2.24, 2.45) is 0 Å². The van der Waals surface area contributed by atoms with Gasteiger partial charge in [-0.05, 0) is 24.6 Å². The van der Waals surface area contributed by atoms with Crippen LogP contribution in [-0.4, -0.2) is 18.4 Å². The summed E-state index contributed by atoms with van der Waals surface area (Å²) in [6, 6.07) is 4.89. The van der Waals surface area contributed by atoms with Crippen molar-refractivity contribution in [3.63, 3.8) is 0 Å². The summed E-state index contributed by atoms with van der Waals surface area (Å²) in [5.74, 6) is 1.26. The topological polar surface area (TPSA) is 70.5 Å². The summed E-state index contributed by atoms with van der Waals surface area (Å²) in [6.07, 6.45) is -1.11. The van der Waals surface area contributed by atoms with Crippen molar-refractivity contribution < 1.29 is 18.4 Å². The number of nitrogens with two attached hydrogens (primary N) is 1. The first-order valence-electron chi connectivity index (χ1n) is 5.95. The standard InChI is InChI=1S/C13H13FN2O3/c1-7(14)8-4-9(10-6-12(15)19-16-10)13-11(5-8)17-2-3-18-13/h4-7H,2-3,15H2,1H3. The summed E-state index contributed by atoms with van der Waals surface area (Å²) in [7, 11) is 0. The molecule has 5 nitrogen and oxygen atoms in total. The van der Waals surface area contributed by atoms with Crippen molar-refractivity contribution in [3.05, 3.63) is 23.8 Å². The molecular weight excluding hydrogens is 251 g/mol. The number of benzene rings is 1. The highest BCUT2D eigenvalue weighted by molar-refractivity contribution is 5.73. The van der Waals surface area contributed by atoms with Gasteiger partial charge in [-0.2, -0.15) is 0 Å². The Morgan fingerprint density at radius 3 is 2.74 bits per heavy atom. The lowest BCUT2D eigenvalue weighted by Gasteiger charge is -2.21. The molecule has 1 aliphatic heterocycles. The number of aromatic nitrogens is 1. The fraction of sp³-hybridized carbons (Fsp3) is 0.308. The highest BCUT2D eigenvalue weighted by Crippen LogP contribution is 2.42. The van der Waals surface area contributed by atoms with E-state index in [0.717, 1.165) is 0 Å². The first-order valence-corrected chi connectivity index (χ1v) is 5.95. The molecule has 0 saturated heterocycles. The molecule has 1 unspecified atom stereocenters. The van der Waals surface area contributed by atoms with Crippen LogP contribution in [0.5, 0.6) is 11.5 Å². The Balaban J connectivity index is 2.18. The van der Waals surface area contributed by atoms with Crippen LogP contribution in [0, 0.1) is 0 Å². The number of fused-ring (bicyclic) bond motifs is 1. The third kappa shape index (κ3) is 2.09. The molecule has 2 N–H and O–H groups in total. The smallest absolute Gasteiger partial charge is 0.222 e. The largest absolute Gasteiger partial charge is 0.486 e. The minimum absolute atomic E-state index is 0.194. The van der Waals surface area contributed by atoms with E-state index >= 15 is 0 Å². The number of rotatable bonds is 2. The molecule has 0 bridgehead atoms. The third-order valence-corrected chi connectivity index (χ3v) is 2.93. The second kappa shape index (κ2) is 4.46. The van der Waals surface area contributed by atoms with Gasteiger partial charge in [-0.25, -0.2) is 4.39 Å². The van der Waals surface area contributed by atoms with Crippen molar-refractivity contribution in [1.82, 2.24) is 5.16 Å². The minimum atomic E-state index is -1.11. The lowest BCUT2D eigenvalue weighted by atomic mass is 10.0. The zero-order valence-electron chi connectivity index (χ0n) is 10.4. The molecule has 0 spiro atoms. The van der Waals surface area contributed by atoms with Crippen molar-refractivity contribution in [3.8, 4) is 22.8 Å². The SMILES string of the molecule is CC(F)c1cc2c(c(-c3cc(N)on3)c1)OCCO2. The van der Waals surface area contributed by atoms with Crippen molar-refractivity contribution >= 4 is 5.88 Å². The summed E-state index contributed by atoms with van der Waals surface area (Å²) in [5, 5.41) is 3.84. The minimum Gasteiger partial charge on any atom is -0.486 e. The van der Waals surface area contributed by atoms with Gasteiger partial charge in [0.05, 0.1) is 5.56 Å². The molecule has 2 aromatic rings. The van der Waals surface area contributed by atoms with E-state index in [1.165, 1.54) is 6.92 Å². The predicted octanol–water partition coefficient (Wildman–Crippen LogP) is 2.73. The van der Waals surface area contributed by atoms with E-state index in [1.54, 1.807) is 18.2 Å². The van der Waals surface area contributed by atoms with Crippen LogP contribution in [0.4, 0.5) is 10.3 Å². The Bertz CT molecular complexity index is 610. The van der Waals surface area contributed by atoms with Crippen LogP contribution < -0.4 is 15.2 Å². The Morgan fingerprint density at radius 1 is 1.26 bits per heavy atom. The van der Waals surface area contributed by atoms with Gasteiger partial charge in [-0.1, -0.05) is 5.16 Å². The normalized spacial score (nSPS) is 15.3. The first-order chi connectivity index (χ1) is 9.15. The fourth-order valence-electron chi connectivity index (χ4n) is 2.01. The lowest BCUT2D eigenvalue weighted by Crippen LogP contribution is -2.16. The van der Waals surface area contributed by atoms with E-state index in [1.807, 2.05) is 0 Å². The molecule has 1 aromatic carbocycles. The highest BCUT2D eigenvalue weighted by Gasteiger charge is 2.22. The molecule has 1 atom stereocenters. The highest BCUT2D eigenvalue weighted by atomic mass is 19.1. The Kier molecular flexibility index (Phi) is 2.77. The number of hydrogen-bond donors (Lipinski definition) is 1. The van der Waals surface area contributed by atoms with E-state index < -0.39 is 6.17 Å². The van der Waals surface area contributed by atoms with Gasteiger partial charge in [0, 0.05) is 6.07 Å². The van der Waals surface area contributed by atoms with Crippen LogP contribution in [-0.2, 0) is 0 Å². The van der Waals surface area contributed by atoms with Crippen molar-refractivity contribution in [1.29, 1.82) is 0 Å². The Morgan fingerprint density at radius 2 is 2.05 bits per heavy atom. The zero-order valence-corrected chi connectivity index (χ0v) is 10.4. The number of halogens is 1. The van der Waals surface area contributed by atoms with Gasteiger partial charge in [-0.3, -0.25) is 0 Å². The molecule has 0 amide bonds. The van der Waals surface area contributed by atoms with Crippen LogP contribution >= 0.6 is 0 Å². The van der Waals surface area contributed by atoms with Gasteiger partial charge in [-0.15, -0.1) is 0 Å². The number of alkyl halides is 1. The monoisotopic (exact) mass is 264 g/mol. The van der Waals surface area contributed by atoms with Gasteiger partial charge in [0.2, 0.25) is 5.88 Å². The molecule has 3 rings (SSSR count). The maximum Gasteiger partial charge on any atom is 0.222 e. The molecule has 1 aromatic heterocycles. The Hall–Kier alpha value is -2.24. The first kappa shape index (κ1) is 11.8. The van der Waals surface area contributed by atoms with E-state index in [2.05, 4.69) is 5.16 Å². The summed E-state index contributed by atoms with van der Waals surface area (Å²) in [6.45, 7) is 2.35. The average molecular weight is 264 g/mol. The van der Waals surface area contributed by atoms with E-state index in [4.69, 9.17) is 19.7 Å². The van der Waals surface area contributed by atoms with Crippen LogP contribution in [0.1, 0.15) is 18.7 Å². The summed E-state index contributed by atoms with van der Waals surface area (Å²) in [5.41, 5.74) is 7.14. The van der Waals surface area contributed by atoms with Gasteiger partial charge < -0.3 is 19.7 Å². The molecule has 2 heterocycles. The maximum absolute atomic E-state index is 13.5. The maximum atomic E-state index is 13.5. The number of nitrogens with zero attached hydrogens (tertiary/aromatic N) is 1. The molecular formula is C13H13FN2O3. The molecule has 0 fully saturated rings. The number of nitrogen functional groups attached to an aromatic ring is 1. The van der Waals surface area contributed by atoms with Crippen molar-refractivity contribution in [2.75, 3.05) is 18.9 Å². The van der Waals surface area contributed by atoms with Gasteiger partial charge in [0.15, 0.2) is 11.5 Å². The van der Waals surface area contributed by atoms with Crippen LogP contribution in [0.2, 0.25) is 0 Å². The number of anilines is 1. The summed E-state index contributed by atoms with van der Waals surface area (Å²) < 4.78 is 29.5. The zero-order chi connectivity index (χ0) is 13.4. The van der Waals surface area contributed by atoms with E-state index in [9.17, 15) is 4.39 Å². The second-order valence-corrected chi connectivity index (χ2v) is 4.32. The van der Waals surface area contributed by atoms with Gasteiger partial charge >= 0.3 is 0 Å². The van der Waals surface area contributed by atoms with E-state index in [0.29, 0.717) is 41.5 Å². The summed E-state index contributed by atoms with van der Waals surface area (Å²) in [4.78, 5) is 0. The Labute approximate surface area is 109 Å². The molecule has 19 heavy (non-hydrogen) atoms. The second-order valence-electron chi connectivity index (χ2n) is 4.32. The fourth-order valence-corrected chi connectivity index (χ4v) is 2.01. The summed E-state index contributed by atoms with van der Waals surface area (Å²) >= 11 is 0. The molecule has 0 radical (unpaired) electrons. The van der Waals surface area contributed by atoms with E-state index in [-0.39, 0.29) is 5.88 Å². The average Bonchev–Trinajstić information content (AvgIpc) is 2.84. The lowest BCUT2D eigenvalue weighted by molar-refractivity contribution is 0.171. The van der Waals surface area contributed by atoms with Crippen LogP contribution in [0.3, 0.4) is 0 Å². The molecule has 0 saturated carbocycles. The predicted molar refractivity (Wildman–Crippen MR) is 66.9 cm³/mol. The van der Waals surface area contributed by atoms with Crippen LogP contribution in [0.25, 0.3) is 11.3 Å². The quantitative estimate of drug-likeness (QED) is 0.903. The van der Waals surface area contributed by atoms with Crippen molar-refractivity contribution in [2.45, 2.75) is 13.1 Å². The third-order valence-electron chi connectivity index (χ3n) is 2.93. The van der Waals surface area contributed by atoms with Gasteiger partial charge in [0.25, 0.3) is 0 Å². The number of hydrogen-bond acceptors (Lipinski definition) is 5. The molecule has 1 aliphatic rings. The molecule has 0 aliphatic carbocycles. The molecule has 100 valence electrons. The van der Waals surface area contributed by atoms with Crippen LogP contribution in [0.15, 0.2) is 22.7 Å².